The summed E-state index contributed by atoms with van der Waals surface area (Å²) in [6.45, 7) is 5.96. The predicted octanol–water partition coefficient (Wildman–Crippen LogP) is 4.25. The van der Waals surface area contributed by atoms with Crippen LogP contribution in [0.3, 0.4) is 0 Å². The van der Waals surface area contributed by atoms with Crippen LogP contribution in [0.15, 0.2) is 42.5 Å². The first-order valence-electron chi connectivity index (χ1n) is 7.41. The molecule has 3 rings (SSSR count). The van der Waals surface area contributed by atoms with Crippen molar-refractivity contribution in [2.75, 3.05) is 10.2 Å². The largest absolute Gasteiger partial charge is 0.365 e. The molecule has 0 spiro atoms. The third-order valence-electron chi connectivity index (χ3n) is 4.01. The summed E-state index contributed by atoms with van der Waals surface area (Å²) in [6.07, 6.45) is 0. The maximum Gasteiger partial charge on any atom is 0.295 e. The van der Waals surface area contributed by atoms with E-state index in [0.717, 1.165) is 28.6 Å². The number of nitrogens with zero attached hydrogens (tertiary/aromatic N) is 1. The Hall–Kier alpha value is -2.27. The summed E-state index contributed by atoms with van der Waals surface area (Å²) in [7, 11) is 0. The minimum Gasteiger partial charge on any atom is -0.365 e. The molecule has 2 aromatic carbocycles. The Morgan fingerprint density at radius 3 is 2.39 bits per heavy atom. The topological polar surface area (TPSA) is 49.4 Å². The Morgan fingerprint density at radius 1 is 0.957 bits per heavy atom. The molecule has 0 aliphatic carbocycles. The van der Waals surface area contributed by atoms with Crippen molar-refractivity contribution < 1.29 is 9.59 Å². The van der Waals surface area contributed by atoms with Crippen molar-refractivity contribution in [1.82, 2.24) is 0 Å². The van der Waals surface area contributed by atoms with E-state index in [9.17, 15) is 9.59 Å². The smallest absolute Gasteiger partial charge is 0.295 e. The van der Waals surface area contributed by atoms with Gasteiger partial charge in [-0.3, -0.25) is 9.59 Å². The summed E-state index contributed by atoms with van der Waals surface area (Å²) in [5.74, 6) is -0.229. The zero-order valence-electron chi connectivity index (χ0n) is 13.3. The first kappa shape index (κ1) is 15.6. The second-order valence-electron chi connectivity index (χ2n) is 5.67. The van der Waals surface area contributed by atoms with Gasteiger partial charge in [-0.1, -0.05) is 24.3 Å². The number of rotatable bonds is 3. The molecule has 1 fully saturated rings. The van der Waals surface area contributed by atoms with Crippen molar-refractivity contribution in [2.45, 2.75) is 26.1 Å². The molecule has 1 atom stereocenters. The molecule has 4 nitrogen and oxygen atoms in total. The van der Waals surface area contributed by atoms with Gasteiger partial charge in [0.15, 0.2) is 5.37 Å². The maximum atomic E-state index is 12.6. The minimum atomic E-state index is -0.593. The Balaban J connectivity index is 1.84. The molecule has 23 heavy (non-hydrogen) atoms. The number of anilines is 2. The van der Waals surface area contributed by atoms with Gasteiger partial charge in [-0.05, 0) is 67.4 Å². The number of benzene rings is 2. The van der Waals surface area contributed by atoms with Crippen LogP contribution >= 0.6 is 11.8 Å². The summed E-state index contributed by atoms with van der Waals surface area (Å²) in [6, 6.07) is 13.3. The summed E-state index contributed by atoms with van der Waals surface area (Å²) in [5.41, 5.74) is 4.74. The van der Waals surface area contributed by atoms with E-state index < -0.39 is 5.37 Å². The second-order valence-corrected chi connectivity index (χ2v) is 6.72. The SMILES string of the molecule is Cc1ccc(N[C@@H]2SC(=O)N(c3ccccc3C)C2=O)cc1C. The lowest BCUT2D eigenvalue weighted by atomic mass is 10.1. The van der Waals surface area contributed by atoms with Crippen LogP contribution in [-0.4, -0.2) is 16.5 Å². The molecular formula is C18H18N2O2S. The average Bonchev–Trinajstić information content (AvgIpc) is 2.78. The van der Waals surface area contributed by atoms with Gasteiger partial charge in [0.25, 0.3) is 11.1 Å². The third kappa shape index (κ3) is 2.97. The fourth-order valence-corrected chi connectivity index (χ4v) is 3.41. The molecule has 1 N–H and O–H groups in total. The van der Waals surface area contributed by atoms with Crippen LogP contribution in [0.25, 0.3) is 0 Å². The van der Waals surface area contributed by atoms with Crippen molar-refractivity contribution >= 4 is 34.3 Å². The van der Waals surface area contributed by atoms with E-state index in [1.165, 1.54) is 10.5 Å². The minimum absolute atomic E-state index is 0.229. The third-order valence-corrected chi connectivity index (χ3v) is 4.95. The molecule has 0 saturated carbocycles. The highest BCUT2D eigenvalue weighted by Gasteiger charge is 2.41. The monoisotopic (exact) mass is 326 g/mol. The Kier molecular flexibility index (Phi) is 4.13. The van der Waals surface area contributed by atoms with E-state index in [-0.39, 0.29) is 11.1 Å². The van der Waals surface area contributed by atoms with Gasteiger partial charge in [-0.25, -0.2) is 4.90 Å². The van der Waals surface area contributed by atoms with E-state index in [1.54, 1.807) is 6.07 Å². The van der Waals surface area contributed by atoms with Crippen molar-refractivity contribution in [3.05, 3.63) is 59.2 Å². The molecule has 5 heteroatoms. The predicted molar refractivity (Wildman–Crippen MR) is 95.0 cm³/mol. The molecule has 1 saturated heterocycles. The van der Waals surface area contributed by atoms with Crippen LogP contribution < -0.4 is 10.2 Å². The maximum absolute atomic E-state index is 12.6. The number of carbonyl (C=O) groups excluding carboxylic acids is 2. The normalized spacial score (nSPS) is 17.7. The van der Waals surface area contributed by atoms with E-state index >= 15 is 0 Å². The standard InChI is InChI=1S/C18H18N2O2S/c1-11-8-9-14(10-13(11)3)19-16-17(21)20(18(22)23-16)15-7-5-4-6-12(15)2/h4-10,16,19H,1-3H3/t16-/m1/s1. The van der Waals surface area contributed by atoms with E-state index in [2.05, 4.69) is 5.32 Å². The number of amides is 2. The summed E-state index contributed by atoms with van der Waals surface area (Å²) >= 11 is 1.02. The number of carbonyl (C=O) groups is 2. The van der Waals surface area contributed by atoms with Gasteiger partial charge >= 0.3 is 0 Å². The lowest BCUT2D eigenvalue weighted by Gasteiger charge is -2.17. The number of nitrogens with one attached hydrogen (secondary N) is 1. The molecule has 1 aliphatic heterocycles. The van der Waals surface area contributed by atoms with Gasteiger partial charge in [0, 0.05) is 5.69 Å². The highest BCUT2D eigenvalue weighted by Crippen LogP contribution is 2.34. The molecule has 0 radical (unpaired) electrons. The highest BCUT2D eigenvalue weighted by atomic mass is 32.2. The first-order chi connectivity index (χ1) is 11.0. The molecule has 0 aromatic heterocycles. The summed E-state index contributed by atoms with van der Waals surface area (Å²) in [4.78, 5) is 26.2. The van der Waals surface area contributed by atoms with Crippen molar-refractivity contribution in [2.24, 2.45) is 0 Å². The molecule has 2 aromatic rings. The first-order valence-corrected chi connectivity index (χ1v) is 8.29. The van der Waals surface area contributed by atoms with Crippen LogP contribution in [0.4, 0.5) is 16.2 Å². The van der Waals surface area contributed by atoms with Crippen LogP contribution in [0.5, 0.6) is 0 Å². The Labute approximate surface area is 139 Å². The fourth-order valence-electron chi connectivity index (χ4n) is 2.52. The fraction of sp³-hybridized carbons (Fsp3) is 0.222. The quantitative estimate of drug-likeness (QED) is 0.916. The number of thioether (sulfide) groups is 1. The Morgan fingerprint density at radius 2 is 1.70 bits per heavy atom. The van der Waals surface area contributed by atoms with Crippen LogP contribution in [-0.2, 0) is 4.79 Å². The van der Waals surface area contributed by atoms with Crippen molar-refractivity contribution in [3.63, 3.8) is 0 Å². The lowest BCUT2D eigenvalue weighted by Crippen LogP contribution is -2.34. The number of hydrogen-bond acceptors (Lipinski definition) is 4. The van der Waals surface area contributed by atoms with Gasteiger partial charge in [0.2, 0.25) is 0 Å². The van der Waals surface area contributed by atoms with Gasteiger partial charge in [-0.15, -0.1) is 0 Å². The molecular weight excluding hydrogens is 308 g/mol. The second kappa shape index (κ2) is 6.08. The molecule has 2 amide bonds. The zero-order valence-corrected chi connectivity index (χ0v) is 14.1. The van der Waals surface area contributed by atoms with Gasteiger partial charge in [-0.2, -0.15) is 0 Å². The van der Waals surface area contributed by atoms with E-state index in [0.29, 0.717) is 5.69 Å². The highest BCUT2D eigenvalue weighted by molar-refractivity contribution is 8.16. The molecule has 0 bridgehead atoms. The number of imide groups is 1. The van der Waals surface area contributed by atoms with Crippen LogP contribution in [0.1, 0.15) is 16.7 Å². The molecule has 1 heterocycles. The van der Waals surface area contributed by atoms with Gasteiger partial charge in [0.1, 0.15) is 0 Å². The Bertz CT molecular complexity index is 788. The van der Waals surface area contributed by atoms with Crippen LogP contribution in [0, 0.1) is 20.8 Å². The number of hydrogen-bond donors (Lipinski definition) is 1. The van der Waals surface area contributed by atoms with E-state index in [4.69, 9.17) is 0 Å². The van der Waals surface area contributed by atoms with Gasteiger partial charge < -0.3 is 5.32 Å². The van der Waals surface area contributed by atoms with Crippen LogP contribution in [0.2, 0.25) is 0 Å². The average molecular weight is 326 g/mol. The lowest BCUT2D eigenvalue weighted by molar-refractivity contribution is -0.116. The summed E-state index contributed by atoms with van der Waals surface area (Å²) in [5, 5.41) is 2.32. The molecule has 1 aliphatic rings. The van der Waals surface area contributed by atoms with Crippen molar-refractivity contribution in [1.29, 1.82) is 0 Å². The number of para-hydroxylation sites is 1. The zero-order chi connectivity index (χ0) is 16.6. The molecule has 118 valence electrons. The van der Waals surface area contributed by atoms with E-state index in [1.807, 2.05) is 57.2 Å². The molecule has 0 unspecified atom stereocenters. The van der Waals surface area contributed by atoms with Crippen molar-refractivity contribution in [3.8, 4) is 0 Å². The summed E-state index contributed by atoms with van der Waals surface area (Å²) < 4.78 is 0. The number of aryl methyl sites for hydroxylation is 3. The van der Waals surface area contributed by atoms with Gasteiger partial charge in [0.05, 0.1) is 5.69 Å².